The van der Waals surface area contributed by atoms with Gasteiger partial charge in [-0.25, -0.2) is 0 Å². The number of methoxy groups -OCH3 is 1. The average Bonchev–Trinajstić information content (AvgIpc) is 3.58. The maximum absolute atomic E-state index is 12.2. The van der Waals surface area contributed by atoms with Gasteiger partial charge in [0.1, 0.15) is 6.10 Å². The summed E-state index contributed by atoms with van der Waals surface area (Å²) in [6.45, 7) is 11.0. The molecule has 8 atom stereocenters. The molecule has 5 nitrogen and oxygen atoms in total. The Balaban J connectivity index is 1.47. The summed E-state index contributed by atoms with van der Waals surface area (Å²) in [5.74, 6) is 2.26. The predicted octanol–water partition coefficient (Wildman–Crippen LogP) is 4.66. The molecule has 5 aliphatic carbocycles. The molecular formula is C30H43NO4. The van der Waals surface area contributed by atoms with Crippen molar-refractivity contribution < 1.29 is 19.7 Å². The Morgan fingerprint density at radius 2 is 1.91 bits per heavy atom. The first-order chi connectivity index (χ1) is 16.5. The third-order valence-corrected chi connectivity index (χ3v) is 12.0. The van der Waals surface area contributed by atoms with E-state index in [4.69, 9.17) is 9.47 Å². The van der Waals surface area contributed by atoms with Crippen molar-refractivity contribution in [1.29, 1.82) is 0 Å². The molecule has 7 aliphatic rings. The van der Waals surface area contributed by atoms with Crippen molar-refractivity contribution in [1.82, 2.24) is 4.90 Å². The minimum absolute atomic E-state index is 0.0283. The molecule has 2 spiro atoms. The van der Waals surface area contributed by atoms with Crippen LogP contribution in [-0.4, -0.2) is 59.2 Å². The fourth-order valence-electron chi connectivity index (χ4n) is 9.73. The number of hydrogen-bond acceptors (Lipinski definition) is 5. The second-order valence-corrected chi connectivity index (χ2v) is 14.1. The summed E-state index contributed by atoms with van der Waals surface area (Å²) >= 11 is 0. The van der Waals surface area contributed by atoms with Gasteiger partial charge in [0.05, 0.1) is 11.7 Å². The molecule has 1 aromatic carbocycles. The van der Waals surface area contributed by atoms with E-state index in [1.165, 1.54) is 30.5 Å². The largest absolute Gasteiger partial charge is 0.504 e. The maximum atomic E-state index is 12.2. The first-order valence-corrected chi connectivity index (χ1v) is 14.1. The first kappa shape index (κ1) is 22.9. The fraction of sp³-hybridized carbons (Fsp3) is 0.800. The summed E-state index contributed by atoms with van der Waals surface area (Å²) in [6.07, 6.45) is 7.89. The summed E-state index contributed by atoms with van der Waals surface area (Å²) in [5, 5.41) is 23.2. The standard InChI is InChI=1S/C30H43NO4/c1-27(2,3)28(4,33)20-15-29-11-10-19(20)24(34-5)26-30(29)12-13-31(16-17-6-7-17)22(29)14-18-8-9-21(32)25(35-26)23(18)30/h8-9,17,19-20,22,24,26,32-33H,6-7,10-16H2,1-5H3/t19-,20+,22-,24?,26+,28?,29-,30+/m1/s1. The number of rotatable bonds is 4. The lowest BCUT2D eigenvalue weighted by Gasteiger charge is -2.65. The van der Waals surface area contributed by atoms with Crippen LogP contribution in [0.4, 0.5) is 0 Å². The van der Waals surface area contributed by atoms with Gasteiger partial charge in [-0.05, 0) is 93.2 Å². The minimum atomic E-state index is -0.811. The lowest BCUT2D eigenvalue weighted by molar-refractivity contribution is -0.166. The van der Waals surface area contributed by atoms with Crippen LogP contribution in [0.2, 0.25) is 0 Å². The molecule has 2 aliphatic heterocycles. The van der Waals surface area contributed by atoms with Gasteiger partial charge >= 0.3 is 0 Å². The maximum Gasteiger partial charge on any atom is 0.165 e. The zero-order valence-electron chi connectivity index (χ0n) is 22.1. The first-order valence-electron chi connectivity index (χ1n) is 14.1. The number of hydrogen-bond donors (Lipinski definition) is 2. The van der Waals surface area contributed by atoms with Crippen molar-refractivity contribution in [2.45, 2.75) is 102 Å². The Labute approximate surface area is 210 Å². The van der Waals surface area contributed by atoms with E-state index in [1.807, 2.05) is 13.2 Å². The molecule has 0 amide bonds. The minimum Gasteiger partial charge on any atom is -0.504 e. The van der Waals surface area contributed by atoms with Crippen LogP contribution in [0.15, 0.2) is 12.1 Å². The van der Waals surface area contributed by atoms with Crippen molar-refractivity contribution in [2.24, 2.45) is 28.6 Å². The number of phenols is 1. The van der Waals surface area contributed by atoms with Gasteiger partial charge in [-0.1, -0.05) is 26.8 Å². The lowest BCUT2D eigenvalue weighted by Crippen LogP contribution is -2.70. The van der Waals surface area contributed by atoms with E-state index in [9.17, 15) is 10.2 Å². The molecule has 1 saturated heterocycles. The van der Waals surface area contributed by atoms with Crippen LogP contribution in [0, 0.1) is 28.6 Å². The van der Waals surface area contributed by atoms with Gasteiger partial charge in [-0.15, -0.1) is 0 Å². The van der Waals surface area contributed by atoms with Gasteiger partial charge in [0.25, 0.3) is 0 Å². The molecule has 4 bridgehead atoms. The van der Waals surface area contributed by atoms with E-state index in [-0.39, 0.29) is 46.0 Å². The number of likely N-dealkylation sites (tertiary alicyclic amines) is 1. The SMILES string of the molecule is COC1[C@@H]2CC[C@@]3(C[C@@H]2C(C)(O)C(C)(C)C)[C@H]2Cc4ccc(O)c5c4[C@@]3(CCN2CC2CC2)[C@H]1O5. The molecule has 8 rings (SSSR count). The van der Waals surface area contributed by atoms with Gasteiger partial charge in [0.2, 0.25) is 0 Å². The molecule has 4 saturated carbocycles. The Hall–Kier alpha value is -1.30. The van der Waals surface area contributed by atoms with E-state index in [0.29, 0.717) is 6.04 Å². The van der Waals surface area contributed by atoms with Gasteiger partial charge in [-0.3, -0.25) is 4.90 Å². The average molecular weight is 482 g/mol. The Morgan fingerprint density at radius 1 is 1.14 bits per heavy atom. The van der Waals surface area contributed by atoms with Crippen LogP contribution >= 0.6 is 0 Å². The number of benzene rings is 1. The molecule has 2 N–H and O–H groups in total. The lowest BCUT2D eigenvalue weighted by atomic mass is 9.43. The summed E-state index contributed by atoms with van der Waals surface area (Å²) in [5.41, 5.74) is 1.50. The number of ether oxygens (including phenoxy) is 2. The molecular weight excluding hydrogens is 438 g/mol. The summed E-state index contributed by atoms with van der Waals surface area (Å²) in [6, 6.07) is 4.48. The normalized spacial score (nSPS) is 43.3. The van der Waals surface area contributed by atoms with Crippen LogP contribution in [0.5, 0.6) is 11.5 Å². The highest BCUT2D eigenvalue weighted by molar-refractivity contribution is 5.62. The monoisotopic (exact) mass is 481 g/mol. The topological polar surface area (TPSA) is 62.2 Å². The zero-order chi connectivity index (χ0) is 24.5. The second-order valence-electron chi connectivity index (χ2n) is 14.1. The molecule has 5 fully saturated rings. The number of piperidine rings is 1. The quantitative estimate of drug-likeness (QED) is 0.655. The molecule has 0 radical (unpaired) electrons. The molecule has 1 aromatic rings. The van der Waals surface area contributed by atoms with E-state index in [1.54, 1.807) is 0 Å². The summed E-state index contributed by atoms with van der Waals surface area (Å²) in [4.78, 5) is 2.84. The van der Waals surface area contributed by atoms with Gasteiger partial charge in [-0.2, -0.15) is 0 Å². The van der Waals surface area contributed by atoms with Crippen molar-refractivity contribution in [2.75, 3.05) is 20.2 Å². The van der Waals surface area contributed by atoms with Crippen molar-refractivity contribution in [3.63, 3.8) is 0 Å². The summed E-state index contributed by atoms with van der Waals surface area (Å²) < 4.78 is 13.3. The van der Waals surface area contributed by atoms with Crippen molar-refractivity contribution in [3.8, 4) is 11.5 Å². The highest BCUT2D eigenvalue weighted by Gasteiger charge is 2.76. The fourth-order valence-corrected chi connectivity index (χ4v) is 9.73. The van der Waals surface area contributed by atoms with E-state index in [0.717, 1.165) is 50.3 Å². The second kappa shape index (κ2) is 6.96. The van der Waals surface area contributed by atoms with E-state index < -0.39 is 5.60 Å². The van der Waals surface area contributed by atoms with Crippen LogP contribution in [-0.2, 0) is 16.6 Å². The highest BCUT2D eigenvalue weighted by Crippen LogP contribution is 2.74. The number of phenolic OH excluding ortho intramolecular Hbond substituents is 1. The zero-order valence-corrected chi connectivity index (χ0v) is 22.1. The molecule has 2 unspecified atom stereocenters. The smallest absolute Gasteiger partial charge is 0.165 e. The molecule has 2 heterocycles. The molecule has 35 heavy (non-hydrogen) atoms. The van der Waals surface area contributed by atoms with Crippen LogP contribution in [0.3, 0.4) is 0 Å². The molecule has 0 aromatic heterocycles. The third kappa shape index (κ3) is 2.66. The Bertz CT molecular complexity index is 1060. The van der Waals surface area contributed by atoms with Gasteiger partial charge in [0.15, 0.2) is 11.5 Å². The number of aliphatic hydroxyl groups is 1. The highest BCUT2D eigenvalue weighted by atomic mass is 16.5. The third-order valence-electron chi connectivity index (χ3n) is 12.0. The molecule has 192 valence electrons. The number of aromatic hydroxyl groups is 1. The number of nitrogens with zero attached hydrogens (tertiary/aromatic N) is 1. The van der Waals surface area contributed by atoms with Gasteiger partial charge in [0, 0.05) is 36.1 Å². The Kier molecular flexibility index (Phi) is 4.55. The van der Waals surface area contributed by atoms with Crippen LogP contribution in [0.1, 0.15) is 77.3 Å². The van der Waals surface area contributed by atoms with E-state index in [2.05, 4.69) is 38.7 Å². The van der Waals surface area contributed by atoms with Crippen LogP contribution in [0.25, 0.3) is 0 Å². The van der Waals surface area contributed by atoms with Gasteiger partial charge < -0.3 is 19.7 Å². The van der Waals surface area contributed by atoms with Crippen LogP contribution < -0.4 is 4.74 Å². The van der Waals surface area contributed by atoms with E-state index >= 15 is 0 Å². The van der Waals surface area contributed by atoms with Crippen molar-refractivity contribution in [3.05, 3.63) is 23.3 Å². The summed E-state index contributed by atoms with van der Waals surface area (Å²) in [7, 11) is 1.84. The Morgan fingerprint density at radius 3 is 2.60 bits per heavy atom. The molecule has 5 heteroatoms. The van der Waals surface area contributed by atoms with Crippen molar-refractivity contribution >= 4 is 0 Å². The number of fused-ring (bicyclic) bond motifs is 2. The predicted molar refractivity (Wildman–Crippen MR) is 135 cm³/mol.